The summed E-state index contributed by atoms with van der Waals surface area (Å²) in [4.78, 5) is 0. The Kier molecular flexibility index (Phi) is 3.51. The van der Waals surface area contributed by atoms with Gasteiger partial charge in [0.15, 0.2) is 11.5 Å². The zero-order chi connectivity index (χ0) is 13.1. The van der Waals surface area contributed by atoms with Gasteiger partial charge in [-0.1, -0.05) is 19.3 Å². The van der Waals surface area contributed by atoms with E-state index in [0.29, 0.717) is 6.79 Å². The summed E-state index contributed by atoms with van der Waals surface area (Å²) in [6.45, 7) is 1.40. The van der Waals surface area contributed by atoms with E-state index < -0.39 is 0 Å². The van der Waals surface area contributed by atoms with Crippen molar-refractivity contribution in [3.05, 3.63) is 18.2 Å². The van der Waals surface area contributed by atoms with Crippen molar-refractivity contribution >= 4 is 5.69 Å². The van der Waals surface area contributed by atoms with Gasteiger partial charge in [-0.15, -0.1) is 0 Å². The Morgan fingerprint density at radius 1 is 1.11 bits per heavy atom. The van der Waals surface area contributed by atoms with E-state index in [0.717, 1.165) is 36.6 Å². The fraction of sp³-hybridized carbons (Fsp3) is 0.600. The molecule has 1 saturated carbocycles. The van der Waals surface area contributed by atoms with Crippen LogP contribution in [0.3, 0.4) is 0 Å². The first-order valence-corrected chi connectivity index (χ1v) is 7.06. The van der Waals surface area contributed by atoms with Crippen LogP contribution in [0, 0.1) is 5.41 Å². The summed E-state index contributed by atoms with van der Waals surface area (Å²) in [6.07, 6.45) is 5.97. The van der Waals surface area contributed by atoms with E-state index in [9.17, 15) is 5.11 Å². The third kappa shape index (κ3) is 2.63. The third-order valence-electron chi connectivity index (χ3n) is 4.29. The molecule has 3 rings (SSSR count). The second kappa shape index (κ2) is 5.29. The smallest absolute Gasteiger partial charge is 0.231 e. The Labute approximate surface area is 113 Å². The molecule has 2 N–H and O–H groups in total. The molecule has 0 aromatic heterocycles. The summed E-state index contributed by atoms with van der Waals surface area (Å²) >= 11 is 0. The highest BCUT2D eigenvalue weighted by Gasteiger charge is 2.31. The highest BCUT2D eigenvalue weighted by molar-refractivity contribution is 5.55. The molecule has 4 nitrogen and oxygen atoms in total. The van der Waals surface area contributed by atoms with Crippen LogP contribution in [0.4, 0.5) is 5.69 Å². The maximum absolute atomic E-state index is 9.69. The summed E-state index contributed by atoms with van der Waals surface area (Å²) in [7, 11) is 0. The number of benzene rings is 1. The molecule has 104 valence electrons. The molecule has 1 aliphatic heterocycles. The molecule has 19 heavy (non-hydrogen) atoms. The predicted molar refractivity (Wildman–Crippen MR) is 73.7 cm³/mol. The van der Waals surface area contributed by atoms with Crippen LogP contribution in [0.15, 0.2) is 18.2 Å². The topological polar surface area (TPSA) is 50.7 Å². The fourth-order valence-electron chi connectivity index (χ4n) is 2.99. The monoisotopic (exact) mass is 263 g/mol. The van der Waals surface area contributed by atoms with Crippen LogP contribution >= 0.6 is 0 Å². The summed E-state index contributed by atoms with van der Waals surface area (Å²) in [5, 5.41) is 13.1. The summed E-state index contributed by atoms with van der Waals surface area (Å²) in [5.74, 6) is 1.60. The zero-order valence-electron chi connectivity index (χ0n) is 11.2. The number of anilines is 1. The number of hydrogen-bond donors (Lipinski definition) is 2. The van der Waals surface area contributed by atoms with Gasteiger partial charge in [0.25, 0.3) is 0 Å². The Morgan fingerprint density at radius 2 is 1.89 bits per heavy atom. The number of aliphatic hydroxyl groups is 1. The predicted octanol–water partition coefficient (Wildman–Crippen LogP) is 2.77. The van der Waals surface area contributed by atoms with E-state index in [1.807, 2.05) is 18.2 Å². The Balaban J connectivity index is 1.65. The van der Waals surface area contributed by atoms with E-state index in [4.69, 9.17) is 9.47 Å². The largest absolute Gasteiger partial charge is 0.454 e. The highest BCUT2D eigenvalue weighted by atomic mass is 16.7. The molecule has 1 aliphatic carbocycles. The Bertz CT molecular complexity index is 441. The van der Waals surface area contributed by atoms with Crippen LogP contribution in [0.5, 0.6) is 11.5 Å². The minimum Gasteiger partial charge on any atom is -0.454 e. The molecule has 1 aromatic rings. The maximum atomic E-state index is 9.69. The first-order valence-electron chi connectivity index (χ1n) is 7.06. The number of rotatable bonds is 4. The summed E-state index contributed by atoms with van der Waals surface area (Å²) < 4.78 is 10.7. The molecule has 0 atom stereocenters. The molecule has 0 saturated heterocycles. The maximum Gasteiger partial charge on any atom is 0.231 e. The average molecular weight is 263 g/mol. The molecular formula is C15H21NO3. The zero-order valence-corrected chi connectivity index (χ0v) is 11.2. The lowest BCUT2D eigenvalue weighted by atomic mass is 9.74. The standard InChI is InChI=1S/C15H21NO3/c17-10-15(6-2-1-3-7-15)9-16-12-4-5-13-14(8-12)19-11-18-13/h4-5,8,16-17H,1-3,6-7,9-11H2. The SMILES string of the molecule is OCC1(CNc2ccc3c(c2)OCO3)CCCCC1. The highest BCUT2D eigenvalue weighted by Crippen LogP contribution is 2.37. The van der Waals surface area contributed by atoms with Crippen LogP contribution < -0.4 is 14.8 Å². The van der Waals surface area contributed by atoms with Gasteiger partial charge in [-0.3, -0.25) is 0 Å². The molecule has 4 heteroatoms. The molecule has 0 unspecified atom stereocenters. The third-order valence-corrected chi connectivity index (χ3v) is 4.29. The van der Waals surface area contributed by atoms with Gasteiger partial charge >= 0.3 is 0 Å². The number of hydrogen-bond acceptors (Lipinski definition) is 4. The Morgan fingerprint density at radius 3 is 2.68 bits per heavy atom. The van der Waals surface area contributed by atoms with E-state index in [1.54, 1.807) is 0 Å². The molecule has 0 amide bonds. The van der Waals surface area contributed by atoms with Gasteiger partial charge in [-0.25, -0.2) is 0 Å². The van der Waals surface area contributed by atoms with Crippen molar-refractivity contribution in [1.29, 1.82) is 0 Å². The van der Waals surface area contributed by atoms with Crippen molar-refractivity contribution in [3.63, 3.8) is 0 Å². The normalized spacial score (nSPS) is 20.3. The average Bonchev–Trinajstić information content (AvgIpc) is 2.93. The minimum atomic E-state index is 0.0502. The van der Waals surface area contributed by atoms with Gasteiger partial charge in [0.05, 0.1) is 6.61 Å². The summed E-state index contributed by atoms with van der Waals surface area (Å²) in [5.41, 5.74) is 1.08. The second-order valence-corrected chi connectivity index (χ2v) is 5.64. The lowest BCUT2D eigenvalue weighted by Gasteiger charge is -2.36. The van der Waals surface area contributed by atoms with Gasteiger partial charge in [-0.2, -0.15) is 0 Å². The molecule has 1 fully saturated rings. The lowest BCUT2D eigenvalue weighted by molar-refractivity contribution is 0.0944. The minimum absolute atomic E-state index is 0.0502. The van der Waals surface area contributed by atoms with Crippen LogP contribution in [0.25, 0.3) is 0 Å². The van der Waals surface area contributed by atoms with Crippen LogP contribution in [-0.2, 0) is 0 Å². The number of nitrogens with one attached hydrogen (secondary N) is 1. The second-order valence-electron chi connectivity index (χ2n) is 5.64. The van der Waals surface area contributed by atoms with E-state index in [1.165, 1.54) is 19.3 Å². The molecule has 0 bridgehead atoms. The van der Waals surface area contributed by atoms with E-state index in [2.05, 4.69) is 5.32 Å². The van der Waals surface area contributed by atoms with Gasteiger partial charge in [-0.05, 0) is 25.0 Å². The van der Waals surface area contributed by atoms with Gasteiger partial charge in [0.2, 0.25) is 6.79 Å². The van der Waals surface area contributed by atoms with Crippen molar-refractivity contribution in [2.45, 2.75) is 32.1 Å². The van der Waals surface area contributed by atoms with Crippen molar-refractivity contribution in [1.82, 2.24) is 0 Å². The van der Waals surface area contributed by atoms with Gasteiger partial charge in [0.1, 0.15) is 0 Å². The fourth-order valence-corrected chi connectivity index (χ4v) is 2.99. The molecular weight excluding hydrogens is 242 g/mol. The van der Waals surface area contributed by atoms with Crippen LogP contribution in [0.2, 0.25) is 0 Å². The summed E-state index contributed by atoms with van der Waals surface area (Å²) in [6, 6.07) is 5.90. The van der Waals surface area contributed by atoms with Crippen molar-refractivity contribution < 1.29 is 14.6 Å². The van der Waals surface area contributed by atoms with Crippen molar-refractivity contribution in [3.8, 4) is 11.5 Å². The Hall–Kier alpha value is -1.42. The number of fused-ring (bicyclic) bond motifs is 1. The first-order chi connectivity index (χ1) is 9.31. The van der Waals surface area contributed by atoms with Crippen LogP contribution in [0.1, 0.15) is 32.1 Å². The quantitative estimate of drug-likeness (QED) is 0.877. The molecule has 0 spiro atoms. The van der Waals surface area contributed by atoms with Gasteiger partial charge < -0.3 is 19.9 Å². The molecule has 1 heterocycles. The molecule has 1 aromatic carbocycles. The lowest BCUT2D eigenvalue weighted by Crippen LogP contribution is -2.35. The first kappa shape index (κ1) is 12.6. The van der Waals surface area contributed by atoms with E-state index >= 15 is 0 Å². The van der Waals surface area contributed by atoms with E-state index in [-0.39, 0.29) is 12.0 Å². The van der Waals surface area contributed by atoms with Crippen molar-refractivity contribution in [2.75, 3.05) is 25.3 Å². The van der Waals surface area contributed by atoms with Crippen molar-refractivity contribution in [2.24, 2.45) is 5.41 Å². The molecule has 2 aliphatic rings. The number of aliphatic hydroxyl groups excluding tert-OH is 1. The molecule has 0 radical (unpaired) electrons. The van der Waals surface area contributed by atoms with Gasteiger partial charge in [0, 0.05) is 23.7 Å². The van der Waals surface area contributed by atoms with Crippen LogP contribution in [-0.4, -0.2) is 25.1 Å². The number of ether oxygens (including phenoxy) is 2.